The molecule has 1 aromatic carbocycles. The first kappa shape index (κ1) is 11.3. The van der Waals surface area contributed by atoms with Crippen LogP contribution in [0.15, 0.2) is 18.2 Å². The Labute approximate surface area is 111 Å². The number of aryl methyl sites for hydroxylation is 2. The monoisotopic (exact) mass is 363 g/mol. The molecule has 0 aromatic heterocycles. The zero-order valence-corrected chi connectivity index (χ0v) is 12.7. The van der Waals surface area contributed by atoms with E-state index >= 15 is 0 Å². The molecule has 1 heteroatoms. The van der Waals surface area contributed by atoms with Gasteiger partial charge in [0, 0.05) is 31.8 Å². The van der Waals surface area contributed by atoms with Crippen molar-refractivity contribution in [2.75, 3.05) is 0 Å². The third-order valence-electron chi connectivity index (χ3n) is 3.45. The first-order valence-electron chi connectivity index (χ1n) is 5.58. The molecule has 2 aliphatic carbocycles. The first-order valence-corrected chi connectivity index (χ1v) is 5.58. The second-order valence-corrected chi connectivity index (χ2v) is 4.27. The number of hydrogen-bond acceptors (Lipinski definition) is 0. The number of benzene rings is 1. The average molecular weight is 362 g/mol. The van der Waals surface area contributed by atoms with E-state index in [1.165, 1.54) is 36.3 Å². The molecule has 0 fully saturated rings. The van der Waals surface area contributed by atoms with Crippen LogP contribution < -0.4 is 0 Å². The molecule has 0 N–H and O–H groups in total. The van der Waals surface area contributed by atoms with Crippen molar-refractivity contribution in [1.29, 1.82) is 0 Å². The average Bonchev–Trinajstić information content (AvgIpc) is 2.78. The molecule has 15 heavy (non-hydrogen) atoms. The van der Waals surface area contributed by atoms with Crippen LogP contribution in [-0.2, 0) is 38.7 Å². The van der Waals surface area contributed by atoms with Crippen molar-refractivity contribution in [3.05, 3.63) is 46.4 Å². The Kier molecular flexibility index (Phi) is 3.30. The Hall–Kier alpha value is -0.170. The van der Waals surface area contributed by atoms with Crippen LogP contribution in [0, 0.1) is 5.92 Å². The fraction of sp³-hybridized carbons (Fsp3) is 0.357. The van der Waals surface area contributed by atoms with Crippen LogP contribution in [0.5, 0.6) is 0 Å². The van der Waals surface area contributed by atoms with Gasteiger partial charge in [-0.15, -0.1) is 0 Å². The van der Waals surface area contributed by atoms with E-state index in [1.54, 1.807) is 11.1 Å². The van der Waals surface area contributed by atoms with Gasteiger partial charge in [-0.25, -0.2) is 0 Å². The van der Waals surface area contributed by atoms with Crippen molar-refractivity contribution < 1.29 is 25.8 Å². The van der Waals surface area contributed by atoms with Crippen LogP contribution >= 0.6 is 0 Å². The summed E-state index contributed by atoms with van der Waals surface area (Å²) >= 11 is 0. The second kappa shape index (κ2) is 4.37. The molecule has 0 nitrogen and oxygen atoms in total. The van der Waals surface area contributed by atoms with Gasteiger partial charge in [-0.1, -0.05) is 31.2 Å². The number of fused-ring (bicyclic) bond motifs is 2. The van der Waals surface area contributed by atoms with Gasteiger partial charge >= 0.3 is 0 Å². The molecule has 0 spiro atoms. The minimum atomic E-state index is 0. The van der Waals surface area contributed by atoms with Crippen molar-refractivity contribution in [1.82, 2.24) is 0 Å². The Morgan fingerprint density at radius 2 is 1.80 bits per heavy atom. The SMILES string of the molecule is CC[C]1C=Cc2cc3c(cc21)CCC3.[Hf]. The van der Waals surface area contributed by atoms with Crippen LogP contribution in [-0.4, -0.2) is 0 Å². The van der Waals surface area contributed by atoms with Crippen molar-refractivity contribution in [3.8, 4) is 0 Å². The summed E-state index contributed by atoms with van der Waals surface area (Å²) in [7, 11) is 0. The molecule has 75 valence electrons. The maximum Gasteiger partial charge on any atom is 0.0270 e. The van der Waals surface area contributed by atoms with Crippen LogP contribution in [0.1, 0.15) is 42.0 Å². The van der Waals surface area contributed by atoms with E-state index in [2.05, 4.69) is 31.2 Å². The molecule has 2 aliphatic rings. The Morgan fingerprint density at radius 3 is 2.53 bits per heavy atom. The van der Waals surface area contributed by atoms with Crippen molar-refractivity contribution in [2.45, 2.75) is 32.6 Å². The van der Waals surface area contributed by atoms with Gasteiger partial charge in [0.1, 0.15) is 0 Å². The minimum absolute atomic E-state index is 0. The molecule has 0 saturated carbocycles. The summed E-state index contributed by atoms with van der Waals surface area (Å²) < 4.78 is 0. The van der Waals surface area contributed by atoms with E-state index in [4.69, 9.17) is 0 Å². The predicted octanol–water partition coefficient (Wildman–Crippen LogP) is 3.53. The van der Waals surface area contributed by atoms with Gasteiger partial charge in [0.2, 0.25) is 0 Å². The smallest absolute Gasteiger partial charge is 0.0270 e. The van der Waals surface area contributed by atoms with Crippen LogP contribution in [0.2, 0.25) is 0 Å². The third-order valence-corrected chi connectivity index (χ3v) is 3.45. The summed E-state index contributed by atoms with van der Waals surface area (Å²) in [6.45, 7) is 2.24. The van der Waals surface area contributed by atoms with Crippen LogP contribution in [0.25, 0.3) is 6.08 Å². The number of rotatable bonds is 1. The Balaban J connectivity index is 0.000000853. The first-order chi connectivity index (χ1) is 6.88. The Bertz CT molecular complexity index is 404. The molecule has 3 rings (SSSR count). The van der Waals surface area contributed by atoms with Gasteiger partial charge in [-0.2, -0.15) is 0 Å². The summed E-state index contributed by atoms with van der Waals surface area (Å²) in [6.07, 6.45) is 9.63. The molecule has 1 aromatic rings. The molecule has 0 bridgehead atoms. The van der Waals surface area contributed by atoms with Crippen LogP contribution in [0.3, 0.4) is 0 Å². The normalized spacial score (nSPS) is 17.4. The van der Waals surface area contributed by atoms with Gasteiger partial charge in [-0.3, -0.25) is 0 Å². The molecular weight excluding hydrogens is 347 g/mol. The Morgan fingerprint density at radius 1 is 1.07 bits per heavy atom. The summed E-state index contributed by atoms with van der Waals surface area (Å²) in [5.41, 5.74) is 6.12. The van der Waals surface area contributed by atoms with Crippen molar-refractivity contribution in [2.24, 2.45) is 0 Å². The maximum atomic E-state index is 2.43. The molecule has 0 saturated heterocycles. The van der Waals surface area contributed by atoms with Crippen LogP contribution in [0.4, 0.5) is 0 Å². The molecule has 0 heterocycles. The standard InChI is InChI=1S/C14H15.Hf/c1-2-10-6-7-13-8-11-4-3-5-12(11)9-14(10)13;/h6-9H,2-5H2,1H3;. The van der Waals surface area contributed by atoms with Gasteiger partial charge in [-0.05, 0) is 47.9 Å². The summed E-state index contributed by atoms with van der Waals surface area (Å²) in [5.74, 6) is 1.51. The van der Waals surface area contributed by atoms with E-state index in [9.17, 15) is 0 Å². The molecular formula is C14H15Hf. The van der Waals surface area contributed by atoms with E-state index in [-0.39, 0.29) is 25.8 Å². The topological polar surface area (TPSA) is 0 Å². The summed E-state index contributed by atoms with van der Waals surface area (Å²) in [5, 5.41) is 0. The van der Waals surface area contributed by atoms with Crippen molar-refractivity contribution in [3.63, 3.8) is 0 Å². The largest absolute Gasteiger partial charge is 0.0721 e. The fourth-order valence-electron chi connectivity index (χ4n) is 2.65. The summed E-state index contributed by atoms with van der Waals surface area (Å²) in [4.78, 5) is 0. The zero-order valence-electron chi connectivity index (χ0n) is 9.14. The van der Waals surface area contributed by atoms with E-state index in [0.717, 1.165) is 6.42 Å². The molecule has 1 radical (unpaired) electrons. The molecule has 0 aliphatic heterocycles. The predicted molar refractivity (Wildman–Crippen MR) is 60.1 cm³/mol. The quantitative estimate of drug-likeness (QED) is 0.671. The fourth-order valence-corrected chi connectivity index (χ4v) is 2.65. The van der Waals surface area contributed by atoms with Crippen molar-refractivity contribution >= 4 is 6.08 Å². The van der Waals surface area contributed by atoms with Gasteiger partial charge < -0.3 is 0 Å². The van der Waals surface area contributed by atoms with E-state index in [1.807, 2.05) is 0 Å². The van der Waals surface area contributed by atoms with E-state index < -0.39 is 0 Å². The van der Waals surface area contributed by atoms with Gasteiger partial charge in [0.05, 0.1) is 0 Å². The minimum Gasteiger partial charge on any atom is -0.0721 e. The third kappa shape index (κ3) is 1.80. The van der Waals surface area contributed by atoms with Gasteiger partial charge in [0.25, 0.3) is 0 Å². The second-order valence-electron chi connectivity index (χ2n) is 4.27. The molecule has 0 unspecified atom stereocenters. The molecule has 0 atom stereocenters. The number of hydrogen-bond donors (Lipinski definition) is 0. The van der Waals surface area contributed by atoms with E-state index in [0.29, 0.717) is 0 Å². The van der Waals surface area contributed by atoms with Gasteiger partial charge in [0.15, 0.2) is 0 Å². The maximum absolute atomic E-state index is 2.43. The number of allylic oxidation sites excluding steroid dienone is 1. The summed E-state index contributed by atoms with van der Waals surface area (Å²) in [6, 6.07) is 4.83. The zero-order chi connectivity index (χ0) is 9.54. The molecule has 0 amide bonds.